The first-order valence-corrected chi connectivity index (χ1v) is 4.62. The molecule has 0 aromatic heterocycles. The molecule has 0 fully saturated rings. The lowest BCUT2D eigenvalue weighted by molar-refractivity contribution is -0.137. The molecule has 1 nitrogen and oxygen atoms in total. The molecule has 0 aliphatic rings. The summed E-state index contributed by atoms with van der Waals surface area (Å²) in [6.07, 6.45) is -3.79. The Kier molecular flexibility index (Phi) is 3.97. The largest absolute Gasteiger partial charge is 0.416 e. The Morgan fingerprint density at radius 3 is 2.56 bits per heavy atom. The monoisotopic (exact) mass is 246 g/mol. The summed E-state index contributed by atoms with van der Waals surface area (Å²) in [7, 11) is 0. The van der Waals surface area contributed by atoms with Gasteiger partial charge in [0.05, 0.1) is 17.0 Å². The van der Waals surface area contributed by atoms with Crippen LogP contribution >= 0.6 is 11.6 Å². The molecule has 0 amide bonds. The van der Waals surface area contributed by atoms with Gasteiger partial charge in [-0.05, 0) is 18.2 Å². The van der Waals surface area contributed by atoms with Crippen molar-refractivity contribution in [2.24, 2.45) is 0 Å². The van der Waals surface area contributed by atoms with E-state index in [0.29, 0.717) is 6.29 Å². The maximum Gasteiger partial charge on any atom is 0.416 e. The molecule has 0 aliphatic carbocycles. The predicted octanol–water partition coefficient (Wildman–Crippen LogP) is 3.30. The zero-order valence-corrected chi connectivity index (χ0v) is 8.69. The number of alkyl halides is 3. The molecule has 0 N–H and O–H groups in total. The van der Waals surface area contributed by atoms with Crippen LogP contribution < -0.4 is 0 Å². The number of hydrogen-bond donors (Lipinski definition) is 0. The third-order valence-corrected chi connectivity index (χ3v) is 2.02. The predicted molar refractivity (Wildman–Crippen MR) is 54.0 cm³/mol. The van der Waals surface area contributed by atoms with Crippen molar-refractivity contribution >= 4 is 17.9 Å². The number of rotatable bonds is 1. The van der Waals surface area contributed by atoms with Crippen LogP contribution in [0.1, 0.15) is 17.5 Å². The Morgan fingerprint density at radius 1 is 1.38 bits per heavy atom. The second kappa shape index (κ2) is 5.04. The van der Waals surface area contributed by atoms with Gasteiger partial charge in [-0.15, -0.1) is 0 Å². The van der Waals surface area contributed by atoms with Gasteiger partial charge in [-0.25, -0.2) is 0 Å². The first kappa shape index (κ1) is 12.6. The molecule has 16 heavy (non-hydrogen) atoms. The summed E-state index contributed by atoms with van der Waals surface area (Å²) >= 11 is 5.62. The maximum absolute atomic E-state index is 12.3. The van der Waals surface area contributed by atoms with Gasteiger partial charge in [0, 0.05) is 5.56 Å². The fourth-order valence-corrected chi connectivity index (χ4v) is 1.21. The van der Waals surface area contributed by atoms with Crippen molar-refractivity contribution in [1.29, 1.82) is 0 Å². The van der Waals surface area contributed by atoms with E-state index in [1.807, 2.05) is 0 Å². The second-order valence-corrected chi connectivity index (χ2v) is 3.27. The van der Waals surface area contributed by atoms with Crippen molar-refractivity contribution in [3.8, 4) is 11.8 Å². The Balaban J connectivity index is 3.02. The molecule has 0 heterocycles. The number of hydrogen-bond acceptors (Lipinski definition) is 1. The van der Waals surface area contributed by atoms with Crippen LogP contribution in [0, 0.1) is 11.8 Å². The molecule has 0 spiro atoms. The first-order chi connectivity index (χ1) is 7.45. The van der Waals surface area contributed by atoms with Crippen molar-refractivity contribution in [3.63, 3.8) is 0 Å². The summed E-state index contributed by atoms with van der Waals surface area (Å²) in [6.45, 7) is 0. The van der Waals surface area contributed by atoms with Crippen LogP contribution in [0.5, 0.6) is 0 Å². The van der Waals surface area contributed by atoms with Crippen molar-refractivity contribution in [2.75, 3.05) is 0 Å². The Hall–Kier alpha value is -1.47. The zero-order chi connectivity index (χ0) is 12.2. The minimum Gasteiger partial charge on any atom is -0.302 e. The highest BCUT2D eigenvalue weighted by molar-refractivity contribution is 6.31. The van der Waals surface area contributed by atoms with Crippen LogP contribution in [0.4, 0.5) is 13.2 Å². The van der Waals surface area contributed by atoms with Gasteiger partial charge < -0.3 is 4.79 Å². The summed E-state index contributed by atoms with van der Waals surface area (Å²) < 4.78 is 36.8. The average molecular weight is 247 g/mol. The molecule has 1 aromatic rings. The molecule has 0 bridgehead atoms. The van der Waals surface area contributed by atoms with E-state index in [4.69, 9.17) is 11.6 Å². The number of halogens is 4. The van der Waals surface area contributed by atoms with E-state index in [1.54, 1.807) is 0 Å². The number of benzene rings is 1. The van der Waals surface area contributed by atoms with Gasteiger partial charge in [0.1, 0.15) is 6.29 Å². The fraction of sp³-hybridized carbons (Fsp3) is 0.182. The molecule has 1 rings (SSSR count). The van der Waals surface area contributed by atoms with Crippen LogP contribution in [0.25, 0.3) is 0 Å². The first-order valence-electron chi connectivity index (χ1n) is 4.24. The zero-order valence-electron chi connectivity index (χ0n) is 7.94. The molecular formula is C11H6ClF3O. The lowest BCUT2D eigenvalue weighted by Crippen LogP contribution is -2.04. The Morgan fingerprint density at radius 2 is 2.06 bits per heavy atom. The average Bonchev–Trinajstić information content (AvgIpc) is 2.19. The fourth-order valence-electron chi connectivity index (χ4n) is 0.981. The molecular weight excluding hydrogens is 241 g/mol. The van der Waals surface area contributed by atoms with Crippen molar-refractivity contribution in [1.82, 2.24) is 0 Å². The van der Waals surface area contributed by atoms with Gasteiger partial charge in [0.15, 0.2) is 0 Å². The second-order valence-electron chi connectivity index (χ2n) is 2.86. The molecule has 0 unspecified atom stereocenters. The van der Waals surface area contributed by atoms with Gasteiger partial charge in [-0.1, -0.05) is 23.4 Å². The maximum atomic E-state index is 12.3. The molecule has 5 heteroatoms. The molecule has 0 saturated carbocycles. The van der Waals surface area contributed by atoms with Crippen LogP contribution in [0.2, 0.25) is 5.02 Å². The smallest absolute Gasteiger partial charge is 0.302 e. The SMILES string of the molecule is O=CCC#Cc1ccc(C(F)(F)F)cc1Cl. The van der Waals surface area contributed by atoms with Gasteiger partial charge in [-0.2, -0.15) is 13.2 Å². The lowest BCUT2D eigenvalue weighted by atomic mass is 10.1. The van der Waals surface area contributed by atoms with Crippen LogP contribution in [-0.2, 0) is 11.0 Å². The summed E-state index contributed by atoms with van der Waals surface area (Å²) in [5.74, 6) is 4.98. The highest BCUT2D eigenvalue weighted by atomic mass is 35.5. The van der Waals surface area contributed by atoms with Crippen LogP contribution in [-0.4, -0.2) is 6.29 Å². The molecule has 0 radical (unpaired) electrons. The summed E-state index contributed by atoms with van der Waals surface area (Å²) in [6, 6.07) is 2.90. The quantitative estimate of drug-likeness (QED) is 0.549. The van der Waals surface area contributed by atoms with E-state index >= 15 is 0 Å². The van der Waals surface area contributed by atoms with Crippen molar-refractivity contribution in [2.45, 2.75) is 12.6 Å². The standard InChI is InChI=1S/C11H6ClF3O/c12-10-7-9(11(13,14)15)5-4-8(10)3-1-2-6-16/h4-7H,2H2. The molecule has 0 saturated heterocycles. The topological polar surface area (TPSA) is 17.1 Å². The van der Waals surface area contributed by atoms with E-state index in [0.717, 1.165) is 12.1 Å². The normalized spacial score (nSPS) is 10.5. The number of aldehydes is 1. The van der Waals surface area contributed by atoms with Crippen LogP contribution in [0.3, 0.4) is 0 Å². The van der Waals surface area contributed by atoms with E-state index in [2.05, 4.69) is 11.8 Å². The molecule has 84 valence electrons. The molecule has 1 aromatic carbocycles. The Bertz CT molecular complexity index is 455. The number of carbonyl (C=O) groups is 1. The van der Waals surface area contributed by atoms with Gasteiger partial charge in [-0.3, -0.25) is 0 Å². The number of carbonyl (C=O) groups excluding carboxylic acids is 1. The van der Waals surface area contributed by atoms with Crippen molar-refractivity contribution < 1.29 is 18.0 Å². The third-order valence-electron chi connectivity index (χ3n) is 1.70. The summed E-state index contributed by atoms with van der Waals surface area (Å²) in [4.78, 5) is 9.98. The minimum atomic E-state index is -4.42. The van der Waals surface area contributed by atoms with Gasteiger partial charge in [0.25, 0.3) is 0 Å². The molecule has 0 atom stereocenters. The van der Waals surface area contributed by atoms with Gasteiger partial charge >= 0.3 is 6.18 Å². The lowest BCUT2D eigenvalue weighted by Gasteiger charge is -2.07. The summed E-state index contributed by atoms with van der Waals surface area (Å²) in [5.41, 5.74) is -0.546. The van der Waals surface area contributed by atoms with E-state index in [9.17, 15) is 18.0 Å². The minimum absolute atomic E-state index is 0.0251. The van der Waals surface area contributed by atoms with Crippen LogP contribution in [0.15, 0.2) is 18.2 Å². The third kappa shape index (κ3) is 3.28. The highest BCUT2D eigenvalue weighted by Crippen LogP contribution is 2.31. The van der Waals surface area contributed by atoms with Crippen molar-refractivity contribution in [3.05, 3.63) is 34.3 Å². The Labute approximate surface area is 95.2 Å². The van der Waals surface area contributed by atoms with E-state index in [1.165, 1.54) is 6.07 Å². The van der Waals surface area contributed by atoms with E-state index in [-0.39, 0.29) is 17.0 Å². The highest BCUT2D eigenvalue weighted by Gasteiger charge is 2.30. The van der Waals surface area contributed by atoms with E-state index < -0.39 is 11.7 Å². The summed E-state index contributed by atoms with van der Waals surface area (Å²) in [5, 5.41) is -0.0757. The molecule has 0 aliphatic heterocycles. The van der Waals surface area contributed by atoms with Gasteiger partial charge in [0.2, 0.25) is 0 Å².